The number of imidazole rings is 1. The Hall–Kier alpha value is -3.58. The Morgan fingerprint density at radius 2 is 1.66 bits per heavy atom. The zero-order chi connectivity index (χ0) is 28.6. The monoisotopic (exact) mass is 549 g/mol. The first-order chi connectivity index (χ1) is 17.5. The van der Waals surface area contributed by atoms with E-state index in [1.165, 1.54) is 0 Å². The second-order valence-electron chi connectivity index (χ2n) is 9.68. The van der Waals surface area contributed by atoms with E-state index in [0.717, 1.165) is 16.6 Å². The van der Waals surface area contributed by atoms with Crippen molar-refractivity contribution in [2.75, 3.05) is 13.7 Å². The molecule has 0 saturated heterocycles. The Kier molecular flexibility index (Phi) is 8.13. The maximum Gasteiger partial charge on any atom is 0.449 e. The first-order valence-corrected chi connectivity index (χ1v) is 11.4. The maximum absolute atomic E-state index is 14.3. The smallest absolute Gasteiger partial charge is 0.449 e. The Morgan fingerprint density at radius 3 is 2.24 bits per heavy atom. The zero-order valence-electron chi connectivity index (χ0n) is 20.9. The van der Waals surface area contributed by atoms with Gasteiger partial charge in [0.2, 0.25) is 11.7 Å². The van der Waals surface area contributed by atoms with Crippen LogP contribution >= 0.6 is 0 Å². The predicted octanol–water partition coefficient (Wildman–Crippen LogP) is 4.04. The highest BCUT2D eigenvalue weighted by atomic mass is 19.4. The summed E-state index contributed by atoms with van der Waals surface area (Å²) in [6.45, 7) is 3.65. The van der Waals surface area contributed by atoms with Crippen molar-refractivity contribution in [3.63, 3.8) is 0 Å². The second kappa shape index (κ2) is 10.7. The van der Waals surface area contributed by atoms with Crippen molar-refractivity contribution in [2.45, 2.75) is 58.5 Å². The van der Waals surface area contributed by atoms with Gasteiger partial charge in [0, 0.05) is 25.6 Å². The summed E-state index contributed by atoms with van der Waals surface area (Å²) >= 11 is 0. The molecule has 0 unspecified atom stereocenters. The normalized spacial score (nSPS) is 14.6. The molecule has 2 heterocycles. The van der Waals surface area contributed by atoms with Crippen LogP contribution in [-0.2, 0) is 44.7 Å². The van der Waals surface area contributed by atoms with Crippen molar-refractivity contribution in [1.82, 2.24) is 14.5 Å². The third-order valence-electron chi connectivity index (χ3n) is 5.71. The molecule has 1 aliphatic rings. The molecular weight excluding hydrogens is 524 g/mol. The Labute approximate surface area is 213 Å². The van der Waals surface area contributed by atoms with Crippen LogP contribution in [0.1, 0.15) is 54.8 Å². The van der Waals surface area contributed by atoms with Gasteiger partial charge in [-0.15, -0.1) is 0 Å². The third-order valence-corrected chi connectivity index (χ3v) is 5.71. The molecule has 0 N–H and O–H groups in total. The van der Waals surface area contributed by atoms with Gasteiger partial charge >= 0.3 is 18.1 Å². The summed E-state index contributed by atoms with van der Waals surface area (Å²) in [5.74, 6) is -9.32. The van der Waals surface area contributed by atoms with E-state index in [0.29, 0.717) is 12.1 Å². The standard InChI is InChI=1S/C24H25F6N3O5/c1-23(2,3)38-20(35)13(7-12-8-15(26)16(27)10-14(12)25)9-18(34)32-5-6-33-17(11-32)19(21(36)37-4)31-22(33)24(28,29)30/h8,10,13H,5-7,9,11H2,1-4H3/t13-/m1/s1. The fourth-order valence-electron chi connectivity index (χ4n) is 4.01. The van der Waals surface area contributed by atoms with E-state index in [-0.39, 0.29) is 24.3 Å². The first kappa shape index (κ1) is 29.0. The lowest BCUT2D eigenvalue weighted by Gasteiger charge is -2.31. The molecule has 1 amide bonds. The van der Waals surface area contributed by atoms with Crippen molar-refractivity contribution in [2.24, 2.45) is 5.92 Å². The van der Waals surface area contributed by atoms with Gasteiger partial charge in [0.1, 0.15) is 11.4 Å². The number of benzene rings is 1. The van der Waals surface area contributed by atoms with E-state index in [9.17, 15) is 40.7 Å². The summed E-state index contributed by atoms with van der Waals surface area (Å²) in [5, 5.41) is 0. The van der Waals surface area contributed by atoms with Crippen LogP contribution in [0.2, 0.25) is 0 Å². The van der Waals surface area contributed by atoms with Crippen LogP contribution in [0.4, 0.5) is 26.3 Å². The number of esters is 2. The van der Waals surface area contributed by atoms with Gasteiger partial charge in [0.25, 0.3) is 0 Å². The van der Waals surface area contributed by atoms with Gasteiger partial charge in [-0.3, -0.25) is 9.59 Å². The molecule has 0 aliphatic carbocycles. The number of ether oxygens (including phenoxy) is 2. The number of halogens is 6. The molecule has 3 rings (SSSR count). The molecule has 0 spiro atoms. The van der Waals surface area contributed by atoms with Gasteiger partial charge in [-0.1, -0.05) is 0 Å². The third kappa shape index (κ3) is 6.45. The summed E-state index contributed by atoms with van der Waals surface area (Å²) in [4.78, 5) is 42.6. The Bertz CT molecular complexity index is 1250. The fraction of sp³-hybridized carbons (Fsp3) is 0.500. The summed E-state index contributed by atoms with van der Waals surface area (Å²) < 4.78 is 92.4. The minimum Gasteiger partial charge on any atom is -0.464 e. The van der Waals surface area contributed by atoms with E-state index in [2.05, 4.69) is 9.72 Å². The number of hydrogen-bond acceptors (Lipinski definition) is 6. The number of hydrogen-bond donors (Lipinski definition) is 0. The molecular formula is C24H25F6N3O5. The Balaban J connectivity index is 1.89. The molecule has 8 nitrogen and oxygen atoms in total. The van der Waals surface area contributed by atoms with Gasteiger partial charge < -0.3 is 18.9 Å². The minimum absolute atomic E-state index is 0.204. The second-order valence-corrected chi connectivity index (χ2v) is 9.68. The van der Waals surface area contributed by atoms with Crippen molar-refractivity contribution in [3.05, 3.63) is 52.4 Å². The van der Waals surface area contributed by atoms with Gasteiger partial charge in [0.05, 0.1) is 25.3 Å². The zero-order valence-corrected chi connectivity index (χ0v) is 20.9. The highest BCUT2D eigenvalue weighted by molar-refractivity contribution is 5.89. The minimum atomic E-state index is -4.87. The maximum atomic E-state index is 14.3. The molecule has 1 aromatic heterocycles. The lowest BCUT2D eigenvalue weighted by molar-refractivity contribution is -0.162. The summed E-state index contributed by atoms with van der Waals surface area (Å²) in [6.07, 6.45) is -5.97. The average Bonchev–Trinajstić information content (AvgIpc) is 3.19. The molecule has 38 heavy (non-hydrogen) atoms. The van der Waals surface area contributed by atoms with Gasteiger partial charge in [-0.05, 0) is 38.8 Å². The van der Waals surface area contributed by atoms with Crippen LogP contribution in [0, 0.1) is 23.4 Å². The van der Waals surface area contributed by atoms with Crippen LogP contribution in [-0.4, -0.2) is 51.6 Å². The van der Waals surface area contributed by atoms with E-state index >= 15 is 0 Å². The number of carbonyl (C=O) groups excluding carboxylic acids is 3. The number of fused-ring (bicyclic) bond motifs is 1. The van der Waals surface area contributed by atoms with Crippen molar-refractivity contribution >= 4 is 17.8 Å². The molecule has 208 valence electrons. The summed E-state index contributed by atoms with van der Waals surface area (Å²) in [5.41, 5.74) is -2.17. The van der Waals surface area contributed by atoms with Crippen molar-refractivity contribution in [1.29, 1.82) is 0 Å². The molecule has 1 atom stereocenters. The number of methoxy groups -OCH3 is 1. The molecule has 1 aliphatic heterocycles. The highest BCUT2D eigenvalue weighted by Gasteiger charge is 2.42. The lowest BCUT2D eigenvalue weighted by Crippen LogP contribution is -2.41. The number of aromatic nitrogens is 2. The molecule has 0 radical (unpaired) electrons. The van der Waals surface area contributed by atoms with Crippen LogP contribution in [0.5, 0.6) is 0 Å². The van der Waals surface area contributed by atoms with E-state index in [1.54, 1.807) is 20.8 Å². The molecule has 14 heteroatoms. The molecule has 0 saturated carbocycles. The first-order valence-electron chi connectivity index (χ1n) is 11.4. The van der Waals surface area contributed by atoms with E-state index in [4.69, 9.17) is 4.74 Å². The number of amides is 1. The summed E-state index contributed by atoms with van der Waals surface area (Å²) in [7, 11) is 0.968. The topological polar surface area (TPSA) is 90.7 Å². The van der Waals surface area contributed by atoms with E-state index < -0.39 is 83.9 Å². The van der Waals surface area contributed by atoms with Crippen LogP contribution < -0.4 is 0 Å². The van der Waals surface area contributed by atoms with E-state index in [1.807, 2.05) is 0 Å². The molecule has 1 aromatic carbocycles. The van der Waals surface area contributed by atoms with Crippen molar-refractivity contribution < 1.29 is 50.2 Å². The quantitative estimate of drug-likeness (QED) is 0.307. The molecule has 0 fully saturated rings. The van der Waals surface area contributed by atoms with Crippen LogP contribution in [0.3, 0.4) is 0 Å². The average molecular weight is 549 g/mol. The lowest BCUT2D eigenvalue weighted by atomic mass is 9.94. The number of alkyl halides is 3. The van der Waals surface area contributed by atoms with Crippen LogP contribution in [0.25, 0.3) is 0 Å². The SMILES string of the molecule is COC(=O)c1nc(C(F)(F)F)n2c1CN(C(=O)C[C@@H](Cc1cc(F)c(F)cc1F)C(=O)OC(C)(C)C)CC2. The van der Waals surface area contributed by atoms with Crippen LogP contribution in [0.15, 0.2) is 12.1 Å². The largest absolute Gasteiger partial charge is 0.464 e. The van der Waals surface area contributed by atoms with Gasteiger partial charge in [-0.25, -0.2) is 22.9 Å². The number of carbonyl (C=O) groups is 3. The van der Waals surface area contributed by atoms with Gasteiger partial charge in [-0.2, -0.15) is 13.2 Å². The highest BCUT2D eigenvalue weighted by Crippen LogP contribution is 2.33. The molecule has 0 bridgehead atoms. The van der Waals surface area contributed by atoms with Gasteiger partial charge in [0.15, 0.2) is 17.3 Å². The number of rotatable bonds is 6. The summed E-state index contributed by atoms with van der Waals surface area (Å²) in [6, 6.07) is 0.893. The fourth-order valence-corrected chi connectivity index (χ4v) is 4.01. The van der Waals surface area contributed by atoms with Crippen molar-refractivity contribution in [3.8, 4) is 0 Å². The molecule has 2 aromatic rings. The predicted molar refractivity (Wildman–Crippen MR) is 118 cm³/mol. The number of nitrogens with zero attached hydrogens (tertiary/aromatic N) is 3. The Morgan fingerprint density at radius 1 is 1.03 bits per heavy atom.